The number of nitriles is 1. The Morgan fingerprint density at radius 3 is 2.59 bits per heavy atom. The number of nitrogens with one attached hydrogen (secondary N) is 1. The van der Waals surface area contributed by atoms with Crippen LogP contribution in [-0.4, -0.2) is 28.2 Å². The summed E-state index contributed by atoms with van der Waals surface area (Å²) in [6.07, 6.45) is 1.58. The molecule has 1 aromatic rings. The van der Waals surface area contributed by atoms with Crippen molar-refractivity contribution in [2.24, 2.45) is 5.92 Å². The third kappa shape index (κ3) is 4.62. The Balaban J connectivity index is 2.97. The minimum atomic E-state index is -0.751. The maximum Gasteiger partial charge on any atom is 0.408 e. The number of aromatic nitrogens is 1. The van der Waals surface area contributed by atoms with Crippen LogP contribution < -0.4 is 5.32 Å². The van der Waals surface area contributed by atoms with E-state index in [1.807, 2.05) is 19.9 Å². The predicted molar refractivity (Wildman–Crippen MR) is 82.4 cm³/mol. The molecule has 22 heavy (non-hydrogen) atoms. The quantitative estimate of drug-likeness (QED) is 0.927. The summed E-state index contributed by atoms with van der Waals surface area (Å²) >= 11 is 0. The molecule has 1 heterocycles. The van der Waals surface area contributed by atoms with Gasteiger partial charge in [-0.25, -0.2) is 4.79 Å². The van der Waals surface area contributed by atoms with Crippen molar-refractivity contribution in [1.29, 1.82) is 5.26 Å². The van der Waals surface area contributed by atoms with E-state index in [0.29, 0.717) is 6.42 Å². The Morgan fingerprint density at radius 1 is 1.45 bits per heavy atom. The first-order valence-corrected chi connectivity index (χ1v) is 7.30. The Morgan fingerprint density at radius 2 is 2.09 bits per heavy atom. The summed E-state index contributed by atoms with van der Waals surface area (Å²) in [6, 6.07) is 4.38. The van der Waals surface area contributed by atoms with Gasteiger partial charge in [0.2, 0.25) is 0 Å². The van der Waals surface area contributed by atoms with Crippen molar-refractivity contribution in [3.63, 3.8) is 0 Å². The molecule has 0 bridgehead atoms. The van der Waals surface area contributed by atoms with Crippen LogP contribution in [0.3, 0.4) is 0 Å². The fraction of sp³-hybridized carbons (Fsp3) is 0.562. The van der Waals surface area contributed by atoms with Gasteiger partial charge in [0, 0.05) is 6.20 Å². The number of rotatable bonds is 4. The molecule has 0 aliphatic carbocycles. The second-order valence-corrected chi connectivity index (χ2v) is 6.22. The highest BCUT2D eigenvalue weighted by Crippen LogP contribution is 2.14. The third-order valence-corrected chi connectivity index (χ3v) is 3.25. The lowest BCUT2D eigenvalue weighted by atomic mass is 9.98. The summed E-state index contributed by atoms with van der Waals surface area (Å²) in [5.74, 6) is -0.435. The zero-order valence-corrected chi connectivity index (χ0v) is 13.7. The van der Waals surface area contributed by atoms with E-state index in [1.54, 1.807) is 32.9 Å². The van der Waals surface area contributed by atoms with Crippen molar-refractivity contribution in [3.05, 3.63) is 24.0 Å². The van der Waals surface area contributed by atoms with Crippen LogP contribution in [0.15, 0.2) is 18.3 Å². The smallest absolute Gasteiger partial charge is 0.408 e. The van der Waals surface area contributed by atoms with Gasteiger partial charge in [0.25, 0.3) is 5.91 Å². The molecule has 0 radical (unpaired) electrons. The van der Waals surface area contributed by atoms with E-state index in [2.05, 4.69) is 5.32 Å². The molecule has 0 aliphatic heterocycles. The lowest BCUT2D eigenvalue weighted by molar-refractivity contribution is 0.0460. The second kappa shape index (κ2) is 7.12. The standard InChI is InChI=1S/C16H23N3O3/c1-6-11(2)13(18-15(21)22-16(3,4)5)14(20)19-9-7-8-12(19)10-17/h7-9,11,13H,6H2,1-5H3,(H,18,21)/t11-,13-/m0/s1. The molecule has 0 aliphatic rings. The van der Waals surface area contributed by atoms with E-state index in [1.165, 1.54) is 10.8 Å². The van der Waals surface area contributed by atoms with Crippen LogP contribution in [0.2, 0.25) is 0 Å². The Hall–Kier alpha value is -2.29. The number of hydrogen-bond acceptors (Lipinski definition) is 4. The Kier molecular flexibility index (Phi) is 5.75. The highest BCUT2D eigenvalue weighted by molar-refractivity contribution is 5.89. The largest absolute Gasteiger partial charge is 0.444 e. The van der Waals surface area contributed by atoms with Crippen LogP contribution >= 0.6 is 0 Å². The molecule has 6 nitrogen and oxygen atoms in total. The van der Waals surface area contributed by atoms with E-state index < -0.39 is 17.7 Å². The molecule has 0 fully saturated rings. The van der Waals surface area contributed by atoms with E-state index in [4.69, 9.17) is 10.00 Å². The molecule has 1 amide bonds. The zero-order valence-electron chi connectivity index (χ0n) is 13.7. The number of hydrogen-bond donors (Lipinski definition) is 1. The SMILES string of the molecule is CC[C@H](C)[C@H](NC(=O)OC(C)(C)C)C(=O)n1cccc1C#N. The second-order valence-electron chi connectivity index (χ2n) is 6.22. The van der Waals surface area contributed by atoms with Gasteiger partial charge in [-0.15, -0.1) is 0 Å². The average Bonchev–Trinajstić information content (AvgIpc) is 2.89. The molecular formula is C16H23N3O3. The number of amides is 1. The van der Waals surface area contributed by atoms with Crippen molar-refractivity contribution in [2.75, 3.05) is 0 Å². The number of carbonyl (C=O) groups is 2. The first-order valence-electron chi connectivity index (χ1n) is 7.30. The molecule has 0 aromatic carbocycles. The fourth-order valence-corrected chi connectivity index (χ4v) is 1.93. The molecule has 1 rings (SSSR count). The van der Waals surface area contributed by atoms with Gasteiger partial charge in [-0.2, -0.15) is 5.26 Å². The molecule has 1 N–H and O–H groups in total. The lowest BCUT2D eigenvalue weighted by Gasteiger charge is -2.26. The Bertz CT molecular complexity index is 578. The lowest BCUT2D eigenvalue weighted by Crippen LogP contribution is -2.48. The first kappa shape index (κ1) is 17.8. The van der Waals surface area contributed by atoms with Crippen LogP contribution in [0.4, 0.5) is 4.79 Å². The Labute approximate surface area is 131 Å². The van der Waals surface area contributed by atoms with Gasteiger partial charge in [0.05, 0.1) is 0 Å². The van der Waals surface area contributed by atoms with E-state index in [-0.39, 0.29) is 17.5 Å². The van der Waals surface area contributed by atoms with Crippen molar-refractivity contribution in [3.8, 4) is 6.07 Å². The monoisotopic (exact) mass is 305 g/mol. The molecule has 120 valence electrons. The molecule has 0 saturated carbocycles. The summed E-state index contributed by atoms with van der Waals surface area (Å²) in [4.78, 5) is 24.6. The van der Waals surface area contributed by atoms with Gasteiger partial charge in [-0.1, -0.05) is 20.3 Å². The maximum absolute atomic E-state index is 12.6. The van der Waals surface area contributed by atoms with Crippen molar-refractivity contribution in [2.45, 2.75) is 52.7 Å². The number of ether oxygens (including phenoxy) is 1. The van der Waals surface area contributed by atoms with Gasteiger partial charge in [-0.3, -0.25) is 9.36 Å². The van der Waals surface area contributed by atoms with Gasteiger partial charge < -0.3 is 10.1 Å². The molecular weight excluding hydrogens is 282 g/mol. The van der Waals surface area contributed by atoms with Crippen molar-refractivity contribution in [1.82, 2.24) is 9.88 Å². The maximum atomic E-state index is 12.6. The summed E-state index contributed by atoms with van der Waals surface area (Å²) in [5, 5.41) is 11.7. The van der Waals surface area contributed by atoms with Crippen LogP contribution in [0.5, 0.6) is 0 Å². The summed E-state index contributed by atoms with van der Waals surface area (Å²) < 4.78 is 6.47. The van der Waals surface area contributed by atoms with Crippen molar-refractivity contribution >= 4 is 12.0 Å². The fourth-order valence-electron chi connectivity index (χ4n) is 1.93. The first-order chi connectivity index (χ1) is 10.2. The number of nitrogens with zero attached hydrogens (tertiary/aromatic N) is 2. The molecule has 0 spiro atoms. The molecule has 6 heteroatoms. The van der Waals surface area contributed by atoms with Crippen LogP contribution in [0.1, 0.15) is 51.5 Å². The summed E-state index contributed by atoms with van der Waals surface area (Å²) in [7, 11) is 0. The average molecular weight is 305 g/mol. The molecule has 1 aromatic heterocycles. The van der Waals surface area contributed by atoms with Crippen molar-refractivity contribution < 1.29 is 14.3 Å². The van der Waals surface area contributed by atoms with E-state index in [0.717, 1.165) is 0 Å². The molecule has 0 saturated heterocycles. The summed E-state index contributed by atoms with van der Waals surface area (Å²) in [6.45, 7) is 9.07. The minimum absolute atomic E-state index is 0.0889. The predicted octanol–water partition coefficient (Wildman–Crippen LogP) is 2.94. The highest BCUT2D eigenvalue weighted by atomic mass is 16.6. The van der Waals surface area contributed by atoms with E-state index in [9.17, 15) is 9.59 Å². The van der Waals surface area contributed by atoms with Crippen LogP contribution in [0, 0.1) is 17.2 Å². The normalized spacial score (nSPS) is 13.8. The minimum Gasteiger partial charge on any atom is -0.444 e. The van der Waals surface area contributed by atoms with Gasteiger partial charge in [0.15, 0.2) is 0 Å². The summed E-state index contributed by atoms with van der Waals surface area (Å²) in [5.41, 5.74) is -0.400. The van der Waals surface area contributed by atoms with Gasteiger partial charge in [0.1, 0.15) is 23.4 Å². The van der Waals surface area contributed by atoms with Crippen LogP contribution in [0.25, 0.3) is 0 Å². The molecule has 2 atom stereocenters. The van der Waals surface area contributed by atoms with Crippen LogP contribution in [-0.2, 0) is 4.74 Å². The highest BCUT2D eigenvalue weighted by Gasteiger charge is 2.29. The number of alkyl carbamates (subject to hydrolysis) is 1. The topological polar surface area (TPSA) is 84.1 Å². The van der Waals surface area contributed by atoms with Gasteiger partial charge in [-0.05, 0) is 38.8 Å². The van der Waals surface area contributed by atoms with E-state index >= 15 is 0 Å². The molecule has 0 unspecified atom stereocenters. The third-order valence-electron chi connectivity index (χ3n) is 3.25. The zero-order chi connectivity index (χ0) is 16.9. The van der Waals surface area contributed by atoms with Gasteiger partial charge >= 0.3 is 6.09 Å². The number of carbonyl (C=O) groups excluding carboxylic acids is 2.